The van der Waals surface area contributed by atoms with Crippen molar-refractivity contribution in [3.05, 3.63) is 35.9 Å². The van der Waals surface area contributed by atoms with Crippen LogP contribution >= 0.6 is 0 Å². The van der Waals surface area contributed by atoms with E-state index in [4.69, 9.17) is 10.5 Å². The zero-order valence-electron chi connectivity index (χ0n) is 16.3. The van der Waals surface area contributed by atoms with Gasteiger partial charge < -0.3 is 15.8 Å². The van der Waals surface area contributed by atoms with Gasteiger partial charge in [0.25, 0.3) is 0 Å². The highest BCUT2D eigenvalue weighted by Crippen LogP contribution is 2.25. The van der Waals surface area contributed by atoms with Crippen LogP contribution in [0, 0.1) is 5.92 Å². The maximum atomic E-state index is 12.8. The number of Topliss-reactive ketones (excluding diaryl/α,β-unsaturated/α-hetero) is 1. The minimum atomic E-state index is -0.908. The van der Waals surface area contributed by atoms with E-state index >= 15 is 0 Å². The fraction of sp³-hybridized carbons (Fsp3) is 0.524. The number of rotatable bonds is 6. The van der Waals surface area contributed by atoms with Gasteiger partial charge in [0.2, 0.25) is 11.8 Å². The van der Waals surface area contributed by atoms with Crippen LogP contribution in [0.5, 0.6) is 0 Å². The summed E-state index contributed by atoms with van der Waals surface area (Å²) in [6.07, 6.45) is 2.68. The van der Waals surface area contributed by atoms with Crippen LogP contribution in [0.25, 0.3) is 0 Å². The summed E-state index contributed by atoms with van der Waals surface area (Å²) in [7, 11) is 0. The summed E-state index contributed by atoms with van der Waals surface area (Å²) in [5.41, 5.74) is 6.35. The monoisotopic (exact) mass is 401 g/mol. The van der Waals surface area contributed by atoms with Gasteiger partial charge >= 0.3 is 6.09 Å². The molecule has 1 heterocycles. The molecule has 29 heavy (non-hydrogen) atoms. The summed E-state index contributed by atoms with van der Waals surface area (Å²) >= 11 is 0. The molecule has 2 fully saturated rings. The van der Waals surface area contributed by atoms with Gasteiger partial charge in [-0.2, -0.15) is 0 Å². The average Bonchev–Trinajstić information content (AvgIpc) is 3.21. The number of benzene rings is 1. The lowest BCUT2D eigenvalue weighted by molar-refractivity contribution is -0.132. The van der Waals surface area contributed by atoms with E-state index in [0.717, 1.165) is 5.56 Å². The van der Waals surface area contributed by atoms with Crippen molar-refractivity contribution >= 4 is 23.7 Å². The normalized spacial score (nSPS) is 22.8. The van der Waals surface area contributed by atoms with E-state index in [9.17, 15) is 19.2 Å². The molecule has 3 N–H and O–H groups in total. The van der Waals surface area contributed by atoms with Crippen LogP contribution in [0.4, 0.5) is 4.79 Å². The Labute approximate surface area is 169 Å². The third kappa shape index (κ3) is 5.34. The first-order valence-corrected chi connectivity index (χ1v) is 10.0. The average molecular weight is 401 g/mol. The second kappa shape index (κ2) is 9.54. The van der Waals surface area contributed by atoms with Crippen LogP contribution in [-0.2, 0) is 25.7 Å². The molecule has 1 aliphatic carbocycles. The number of primary amides is 1. The smallest absolute Gasteiger partial charge is 0.410 e. The first-order valence-electron chi connectivity index (χ1n) is 10.0. The molecular formula is C21H27N3O5. The molecule has 0 unspecified atom stereocenters. The fourth-order valence-electron chi connectivity index (χ4n) is 4.07. The lowest BCUT2D eigenvalue weighted by Gasteiger charge is -2.30. The minimum absolute atomic E-state index is 0.0775. The predicted octanol–water partition coefficient (Wildman–Crippen LogP) is 1.52. The van der Waals surface area contributed by atoms with Gasteiger partial charge in [-0.05, 0) is 37.2 Å². The lowest BCUT2D eigenvalue weighted by Crippen LogP contribution is -2.55. The van der Waals surface area contributed by atoms with Crippen LogP contribution in [0.2, 0.25) is 0 Å². The molecule has 1 saturated carbocycles. The third-order valence-electron chi connectivity index (χ3n) is 5.59. The Kier molecular flexibility index (Phi) is 6.85. The summed E-state index contributed by atoms with van der Waals surface area (Å²) in [6, 6.07) is 7.68. The molecule has 1 aromatic rings. The third-order valence-corrected chi connectivity index (χ3v) is 5.59. The van der Waals surface area contributed by atoms with Gasteiger partial charge in [0.1, 0.15) is 24.5 Å². The van der Waals surface area contributed by atoms with E-state index in [1.807, 2.05) is 30.3 Å². The van der Waals surface area contributed by atoms with Crippen molar-refractivity contribution in [1.29, 1.82) is 0 Å². The molecule has 3 rings (SSSR count). The van der Waals surface area contributed by atoms with Crippen LogP contribution in [0.3, 0.4) is 0 Å². The van der Waals surface area contributed by atoms with Crippen LogP contribution in [0.1, 0.15) is 44.1 Å². The molecule has 8 nitrogen and oxygen atoms in total. The maximum absolute atomic E-state index is 12.8. The molecule has 3 amide bonds. The zero-order valence-corrected chi connectivity index (χ0v) is 16.3. The van der Waals surface area contributed by atoms with E-state index in [1.54, 1.807) is 0 Å². The molecule has 1 aliphatic heterocycles. The number of amides is 3. The molecule has 1 aromatic carbocycles. The summed E-state index contributed by atoms with van der Waals surface area (Å²) in [5, 5.41) is 2.69. The molecule has 2 aliphatic rings. The van der Waals surface area contributed by atoms with Crippen molar-refractivity contribution in [2.24, 2.45) is 11.7 Å². The number of nitrogens with two attached hydrogens (primary N) is 1. The molecule has 0 aromatic heterocycles. The molecule has 0 spiro atoms. The van der Waals surface area contributed by atoms with E-state index in [-0.39, 0.29) is 24.7 Å². The standard InChI is InChI=1S/C21H27N3O5/c22-19(26)18(15-8-4-9-16(25)12-15)23-20(27)17-10-5-11-24(17)21(28)29-13-14-6-2-1-3-7-14/h1-3,6-7,15,17-18H,4-5,8-13H2,(H2,22,26)(H,23,27)/t15-,17-,18+/m1/s1. The van der Waals surface area contributed by atoms with E-state index < -0.39 is 30.0 Å². The second-order valence-corrected chi connectivity index (χ2v) is 7.68. The van der Waals surface area contributed by atoms with Crippen LogP contribution in [0.15, 0.2) is 30.3 Å². The number of ether oxygens (including phenoxy) is 1. The van der Waals surface area contributed by atoms with E-state index in [2.05, 4.69) is 5.32 Å². The molecule has 0 radical (unpaired) electrons. The van der Waals surface area contributed by atoms with Gasteiger partial charge in [-0.25, -0.2) is 4.79 Å². The predicted molar refractivity (Wildman–Crippen MR) is 104 cm³/mol. The van der Waals surface area contributed by atoms with Crippen molar-refractivity contribution in [2.75, 3.05) is 6.54 Å². The Bertz CT molecular complexity index is 767. The number of ketones is 1. The van der Waals surface area contributed by atoms with Crippen LogP contribution in [-0.4, -0.2) is 47.2 Å². The second-order valence-electron chi connectivity index (χ2n) is 7.68. The Morgan fingerprint density at radius 3 is 2.62 bits per heavy atom. The van der Waals surface area contributed by atoms with Crippen molar-refractivity contribution < 1.29 is 23.9 Å². The fourth-order valence-corrected chi connectivity index (χ4v) is 4.07. The maximum Gasteiger partial charge on any atom is 0.410 e. The first-order chi connectivity index (χ1) is 14.0. The van der Waals surface area contributed by atoms with Crippen molar-refractivity contribution in [3.63, 3.8) is 0 Å². The summed E-state index contributed by atoms with van der Waals surface area (Å²) in [6.45, 7) is 0.535. The summed E-state index contributed by atoms with van der Waals surface area (Å²) in [5.74, 6) is -1.30. The largest absolute Gasteiger partial charge is 0.445 e. The van der Waals surface area contributed by atoms with Crippen molar-refractivity contribution in [2.45, 2.75) is 57.2 Å². The first kappa shape index (κ1) is 20.8. The molecule has 156 valence electrons. The number of nitrogens with zero attached hydrogens (tertiary/aromatic N) is 1. The Morgan fingerprint density at radius 2 is 1.93 bits per heavy atom. The molecule has 8 heteroatoms. The van der Waals surface area contributed by atoms with Gasteiger partial charge in [0, 0.05) is 19.4 Å². The number of carbonyl (C=O) groups excluding carboxylic acids is 4. The number of hydrogen-bond acceptors (Lipinski definition) is 5. The molecule has 3 atom stereocenters. The van der Waals surface area contributed by atoms with E-state index in [1.165, 1.54) is 4.90 Å². The number of nitrogens with one attached hydrogen (secondary N) is 1. The highest BCUT2D eigenvalue weighted by molar-refractivity contribution is 5.92. The number of hydrogen-bond donors (Lipinski definition) is 2. The number of carbonyl (C=O) groups is 4. The van der Waals surface area contributed by atoms with Gasteiger partial charge in [-0.3, -0.25) is 19.3 Å². The topological polar surface area (TPSA) is 119 Å². The van der Waals surface area contributed by atoms with Crippen molar-refractivity contribution in [3.8, 4) is 0 Å². The summed E-state index contributed by atoms with van der Waals surface area (Å²) in [4.78, 5) is 50.4. The highest BCUT2D eigenvalue weighted by atomic mass is 16.6. The molecular weight excluding hydrogens is 374 g/mol. The van der Waals surface area contributed by atoms with Gasteiger partial charge in [0.05, 0.1) is 0 Å². The van der Waals surface area contributed by atoms with Gasteiger partial charge in [-0.1, -0.05) is 30.3 Å². The Hall–Kier alpha value is -2.90. The highest BCUT2D eigenvalue weighted by Gasteiger charge is 2.38. The van der Waals surface area contributed by atoms with Gasteiger partial charge in [-0.15, -0.1) is 0 Å². The Balaban J connectivity index is 1.60. The SMILES string of the molecule is NC(=O)[C@@H](NC(=O)[C@H]1CCCN1C(=O)OCc1ccccc1)[C@@H]1CCCC(=O)C1. The minimum Gasteiger partial charge on any atom is -0.445 e. The molecule has 0 bridgehead atoms. The number of likely N-dealkylation sites (tertiary alicyclic amines) is 1. The van der Waals surface area contributed by atoms with Gasteiger partial charge in [0.15, 0.2) is 0 Å². The Morgan fingerprint density at radius 1 is 1.17 bits per heavy atom. The quantitative estimate of drug-likeness (QED) is 0.749. The summed E-state index contributed by atoms with van der Waals surface area (Å²) < 4.78 is 5.35. The zero-order chi connectivity index (χ0) is 20.8. The molecule has 1 saturated heterocycles. The van der Waals surface area contributed by atoms with Crippen LogP contribution < -0.4 is 11.1 Å². The lowest BCUT2D eigenvalue weighted by atomic mass is 9.82. The van der Waals surface area contributed by atoms with E-state index in [0.29, 0.717) is 38.6 Å². The van der Waals surface area contributed by atoms with Crippen molar-refractivity contribution in [1.82, 2.24) is 10.2 Å².